The van der Waals surface area contributed by atoms with Gasteiger partial charge >= 0.3 is 0 Å². The van der Waals surface area contributed by atoms with Crippen LogP contribution in [0, 0.1) is 0 Å². The molecule has 1 atom stereocenters. The fourth-order valence-electron chi connectivity index (χ4n) is 1.72. The number of nitrogens with zero attached hydrogens (tertiary/aromatic N) is 1. The third-order valence-electron chi connectivity index (χ3n) is 2.63. The van der Waals surface area contributed by atoms with Crippen LogP contribution in [-0.2, 0) is 0 Å². The Hall–Kier alpha value is -2.01. The molecule has 4 N–H and O–H groups in total. The number of ether oxygens (including phenoxy) is 1. The zero-order valence-corrected chi connectivity index (χ0v) is 9.77. The highest BCUT2D eigenvalue weighted by Crippen LogP contribution is 2.31. The number of nitrogens with two attached hydrogens (primary N) is 1. The molecular weight excluding hydrogens is 218 g/mol. The molecule has 2 rings (SSSR count). The number of aliphatic hydroxyl groups excluding tert-OH is 1. The predicted octanol–water partition coefficient (Wildman–Crippen LogP) is 1.72. The third-order valence-corrected chi connectivity index (χ3v) is 2.63. The van der Waals surface area contributed by atoms with Crippen molar-refractivity contribution >= 4 is 5.69 Å². The average Bonchev–Trinajstić information content (AvgIpc) is 2.78. The van der Waals surface area contributed by atoms with E-state index < -0.39 is 6.10 Å². The summed E-state index contributed by atoms with van der Waals surface area (Å²) >= 11 is 0. The molecule has 1 aromatic heterocycles. The third kappa shape index (κ3) is 2.09. The Morgan fingerprint density at radius 2 is 2.24 bits per heavy atom. The summed E-state index contributed by atoms with van der Waals surface area (Å²) in [7, 11) is 1.57. The van der Waals surface area contributed by atoms with Crippen molar-refractivity contribution in [1.82, 2.24) is 10.2 Å². The molecule has 1 aromatic carbocycles. The molecule has 1 unspecified atom stereocenters. The van der Waals surface area contributed by atoms with E-state index in [4.69, 9.17) is 10.5 Å². The molecule has 0 amide bonds. The molecule has 0 saturated carbocycles. The van der Waals surface area contributed by atoms with Crippen LogP contribution in [0.3, 0.4) is 0 Å². The molecule has 0 spiro atoms. The van der Waals surface area contributed by atoms with Crippen molar-refractivity contribution in [2.45, 2.75) is 13.0 Å². The van der Waals surface area contributed by atoms with Crippen LogP contribution in [0.5, 0.6) is 5.75 Å². The van der Waals surface area contributed by atoms with E-state index in [2.05, 4.69) is 10.2 Å². The number of aromatic nitrogens is 2. The van der Waals surface area contributed by atoms with E-state index in [9.17, 15) is 5.11 Å². The highest BCUT2D eigenvalue weighted by molar-refractivity contribution is 5.71. The van der Waals surface area contributed by atoms with Gasteiger partial charge in [-0.2, -0.15) is 5.10 Å². The summed E-state index contributed by atoms with van der Waals surface area (Å²) in [6, 6.07) is 5.47. The van der Waals surface area contributed by atoms with Gasteiger partial charge in [-0.05, 0) is 24.6 Å². The molecule has 1 heterocycles. The molecule has 0 aliphatic heterocycles. The second-order valence-corrected chi connectivity index (χ2v) is 3.83. The molecule has 0 radical (unpaired) electrons. The first-order valence-electron chi connectivity index (χ1n) is 5.28. The van der Waals surface area contributed by atoms with E-state index in [-0.39, 0.29) is 0 Å². The molecule has 0 bridgehead atoms. The summed E-state index contributed by atoms with van der Waals surface area (Å²) in [6.45, 7) is 1.69. The normalized spacial score (nSPS) is 12.4. The lowest BCUT2D eigenvalue weighted by Gasteiger charge is -2.09. The number of hydrogen-bond donors (Lipinski definition) is 3. The minimum absolute atomic E-state index is 0.582. The standard InChI is InChI=1S/C12H15N3O2/c1-7(16)12-9(6-14-15-12)8-3-4-10(13)11(5-8)17-2/h3-7,16H,13H2,1-2H3,(H,14,15). The van der Waals surface area contributed by atoms with E-state index in [1.807, 2.05) is 12.1 Å². The molecule has 90 valence electrons. The van der Waals surface area contributed by atoms with Gasteiger partial charge in [0.15, 0.2) is 0 Å². The number of hydrogen-bond acceptors (Lipinski definition) is 4. The zero-order chi connectivity index (χ0) is 12.4. The lowest BCUT2D eigenvalue weighted by atomic mass is 10.0. The van der Waals surface area contributed by atoms with Crippen molar-refractivity contribution in [3.63, 3.8) is 0 Å². The minimum atomic E-state index is -0.601. The number of rotatable bonds is 3. The van der Waals surface area contributed by atoms with Crippen LogP contribution in [-0.4, -0.2) is 22.4 Å². The van der Waals surface area contributed by atoms with Crippen molar-refractivity contribution in [2.75, 3.05) is 12.8 Å². The van der Waals surface area contributed by atoms with E-state index in [1.54, 1.807) is 26.3 Å². The maximum atomic E-state index is 9.61. The average molecular weight is 233 g/mol. The first kappa shape index (κ1) is 11.5. The quantitative estimate of drug-likeness (QED) is 0.705. The summed E-state index contributed by atoms with van der Waals surface area (Å²) in [5, 5.41) is 16.3. The van der Waals surface area contributed by atoms with E-state index in [0.717, 1.165) is 11.1 Å². The van der Waals surface area contributed by atoms with Crippen molar-refractivity contribution in [3.05, 3.63) is 30.1 Å². The van der Waals surface area contributed by atoms with Gasteiger partial charge in [0.2, 0.25) is 0 Å². The predicted molar refractivity (Wildman–Crippen MR) is 65.6 cm³/mol. The fraction of sp³-hybridized carbons (Fsp3) is 0.250. The van der Waals surface area contributed by atoms with Gasteiger partial charge in [-0.1, -0.05) is 6.07 Å². The smallest absolute Gasteiger partial charge is 0.142 e. The van der Waals surface area contributed by atoms with Crippen LogP contribution in [0.15, 0.2) is 24.4 Å². The Kier molecular flexibility index (Phi) is 3.01. The summed E-state index contributed by atoms with van der Waals surface area (Å²) in [6.07, 6.45) is 1.07. The van der Waals surface area contributed by atoms with E-state index in [1.165, 1.54) is 0 Å². The molecule has 0 saturated heterocycles. The second kappa shape index (κ2) is 4.47. The number of aromatic amines is 1. The van der Waals surface area contributed by atoms with Crippen LogP contribution in [0.1, 0.15) is 18.7 Å². The molecule has 2 aromatic rings. The summed E-state index contributed by atoms with van der Waals surface area (Å²) in [5.74, 6) is 0.611. The summed E-state index contributed by atoms with van der Waals surface area (Å²) < 4.78 is 5.17. The molecule has 5 nitrogen and oxygen atoms in total. The Bertz CT molecular complexity index is 520. The fourth-order valence-corrected chi connectivity index (χ4v) is 1.72. The molecule has 17 heavy (non-hydrogen) atoms. The maximum absolute atomic E-state index is 9.61. The molecular formula is C12H15N3O2. The van der Waals surface area contributed by atoms with Gasteiger partial charge in [0.05, 0.1) is 30.8 Å². The topological polar surface area (TPSA) is 84.2 Å². The molecule has 0 aliphatic carbocycles. The Morgan fingerprint density at radius 1 is 1.47 bits per heavy atom. The van der Waals surface area contributed by atoms with Gasteiger partial charge in [-0.3, -0.25) is 5.10 Å². The molecule has 0 aliphatic rings. The van der Waals surface area contributed by atoms with Gasteiger partial charge in [0, 0.05) is 5.56 Å². The summed E-state index contributed by atoms with van der Waals surface area (Å²) in [5.41, 5.74) is 8.76. The number of aliphatic hydroxyl groups is 1. The largest absolute Gasteiger partial charge is 0.495 e. The Morgan fingerprint density at radius 3 is 2.88 bits per heavy atom. The first-order valence-corrected chi connectivity index (χ1v) is 5.28. The van der Waals surface area contributed by atoms with Gasteiger partial charge in [0.1, 0.15) is 5.75 Å². The van der Waals surface area contributed by atoms with Crippen molar-refractivity contribution in [1.29, 1.82) is 0 Å². The number of nitrogen functional groups attached to an aromatic ring is 1. The molecule has 0 fully saturated rings. The number of nitrogens with one attached hydrogen (secondary N) is 1. The number of H-pyrrole nitrogens is 1. The van der Waals surface area contributed by atoms with Crippen LogP contribution in [0.4, 0.5) is 5.69 Å². The number of benzene rings is 1. The monoisotopic (exact) mass is 233 g/mol. The lowest BCUT2D eigenvalue weighted by molar-refractivity contribution is 0.195. The van der Waals surface area contributed by atoms with Crippen LogP contribution < -0.4 is 10.5 Å². The first-order chi connectivity index (χ1) is 8.13. The number of methoxy groups -OCH3 is 1. The van der Waals surface area contributed by atoms with Crippen LogP contribution >= 0.6 is 0 Å². The van der Waals surface area contributed by atoms with Crippen LogP contribution in [0.25, 0.3) is 11.1 Å². The van der Waals surface area contributed by atoms with Gasteiger partial charge in [-0.25, -0.2) is 0 Å². The SMILES string of the molecule is COc1cc(-c2cn[nH]c2C(C)O)ccc1N. The van der Waals surface area contributed by atoms with E-state index in [0.29, 0.717) is 17.1 Å². The second-order valence-electron chi connectivity index (χ2n) is 3.83. The van der Waals surface area contributed by atoms with Crippen molar-refractivity contribution in [3.8, 4) is 16.9 Å². The highest BCUT2D eigenvalue weighted by Gasteiger charge is 2.13. The van der Waals surface area contributed by atoms with E-state index >= 15 is 0 Å². The maximum Gasteiger partial charge on any atom is 0.142 e. The minimum Gasteiger partial charge on any atom is -0.495 e. The Balaban J connectivity index is 2.49. The highest BCUT2D eigenvalue weighted by atomic mass is 16.5. The Labute approximate surface area is 99.2 Å². The lowest BCUT2D eigenvalue weighted by Crippen LogP contribution is -1.96. The van der Waals surface area contributed by atoms with Gasteiger partial charge in [0.25, 0.3) is 0 Å². The number of anilines is 1. The molecule has 5 heteroatoms. The zero-order valence-electron chi connectivity index (χ0n) is 9.77. The van der Waals surface area contributed by atoms with Gasteiger partial charge in [-0.15, -0.1) is 0 Å². The summed E-state index contributed by atoms with van der Waals surface area (Å²) in [4.78, 5) is 0. The van der Waals surface area contributed by atoms with Gasteiger partial charge < -0.3 is 15.6 Å². The van der Waals surface area contributed by atoms with Crippen molar-refractivity contribution < 1.29 is 9.84 Å². The van der Waals surface area contributed by atoms with Crippen molar-refractivity contribution in [2.24, 2.45) is 0 Å². The van der Waals surface area contributed by atoms with Crippen LogP contribution in [0.2, 0.25) is 0 Å².